The van der Waals surface area contributed by atoms with Gasteiger partial charge in [0, 0.05) is 10.0 Å². The summed E-state index contributed by atoms with van der Waals surface area (Å²) in [6.07, 6.45) is -0.568. The summed E-state index contributed by atoms with van der Waals surface area (Å²) < 4.78 is 7.01. The summed E-state index contributed by atoms with van der Waals surface area (Å²) in [5, 5.41) is 9.89. The van der Waals surface area contributed by atoms with Crippen molar-refractivity contribution < 1.29 is 9.84 Å². The second-order valence-electron chi connectivity index (χ2n) is 5.64. The van der Waals surface area contributed by atoms with E-state index in [1.165, 1.54) is 5.56 Å². The second kappa shape index (κ2) is 6.63. The zero-order chi connectivity index (χ0) is 15.6. The largest absolute Gasteiger partial charge is 0.457 e. The quantitative estimate of drug-likeness (QED) is 0.764. The molecule has 0 aliphatic carbocycles. The summed E-state index contributed by atoms with van der Waals surface area (Å²) in [6, 6.07) is 12.0. The summed E-state index contributed by atoms with van der Waals surface area (Å²) in [4.78, 5) is 0. The normalized spacial score (nSPS) is 12.5. The Morgan fingerprint density at radius 1 is 1.00 bits per heavy atom. The maximum Gasteiger partial charge on any atom is 0.134 e. The Bertz CT molecular complexity index is 633. The first-order valence-corrected chi connectivity index (χ1v) is 7.93. The minimum absolute atomic E-state index is 0.451. The number of hydrogen-bond acceptors (Lipinski definition) is 2. The van der Waals surface area contributed by atoms with Gasteiger partial charge in [0.05, 0.1) is 6.10 Å². The zero-order valence-electron chi connectivity index (χ0n) is 12.9. The van der Waals surface area contributed by atoms with Crippen LogP contribution in [0.1, 0.15) is 49.5 Å². The molecule has 1 atom stereocenters. The van der Waals surface area contributed by atoms with E-state index in [-0.39, 0.29) is 0 Å². The Morgan fingerprint density at radius 3 is 2.33 bits per heavy atom. The van der Waals surface area contributed by atoms with Crippen molar-refractivity contribution in [2.24, 2.45) is 0 Å². The Balaban J connectivity index is 2.42. The summed E-state index contributed by atoms with van der Waals surface area (Å²) >= 11 is 3.45. The van der Waals surface area contributed by atoms with Gasteiger partial charge in [0.15, 0.2) is 0 Å². The number of ether oxygens (including phenoxy) is 1. The van der Waals surface area contributed by atoms with Crippen molar-refractivity contribution in [1.82, 2.24) is 0 Å². The first-order valence-electron chi connectivity index (χ1n) is 7.14. The van der Waals surface area contributed by atoms with Gasteiger partial charge in [-0.15, -0.1) is 0 Å². The van der Waals surface area contributed by atoms with E-state index >= 15 is 0 Å². The van der Waals surface area contributed by atoms with Crippen LogP contribution in [0.2, 0.25) is 0 Å². The molecule has 3 heteroatoms. The van der Waals surface area contributed by atoms with Crippen LogP contribution in [-0.2, 0) is 0 Å². The molecule has 2 nitrogen and oxygen atoms in total. The molecule has 0 saturated heterocycles. The van der Waals surface area contributed by atoms with Gasteiger partial charge in [-0.05, 0) is 49.1 Å². The number of rotatable bonds is 4. The second-order valence-corrected chi connectivity index (χ2v) is 6.56. The van der Waals surface area contributed by atoms with Gasteiger partial charge < -0.3 is 9.84 Å². The summed E-state index contributed by atoms with van der Waals surface area (Å²) in [6.45, 7) is 8.09. The molecule has 1 unspecified atom stereocenters. The summed E-state index contributed by atoms with van der Waals surface area (Å²) in [7, 11) is 0. The smallest absolute Gasteiger partial charge is 0.134 e. The maximum atomic E-state index is 9.89. The average molecular weight is 349 g/mol. The van der Waals surface area contributed by atoms with Crippen LogP contribution in [-0.4, -0.2) is 5.11 Å². The molecule has 0 bridgehead atoms. The Hall–Kier alpha value is -1.32. The predicted octanol–water partition coefficient (Wildman–Crippen LogP) is 5.73. The van der Waals surface area contributed by atoms with E-state index in [0.29, 0.717) is 11.7 Å². The standard InChI is InChI=1S/C18H21BrO2/c1-11(2)14-6-5-12(3)17(9-14)21-18-10-15(19)7-8-16(18)13(4)20/h5-11,13,20H,1-4H3. The molecule has 0 aliphatic heterocycles. The maximum absolute atomic E-state index is 9.89. The average Bonchev–Trinajstić information content (AvgIpc) is 2.40. The molecule has 0 fully saturated rings. The molecule has 1 N–H and O–H groups in total. The number of aliphatic hydroxyl groups excluding tert-OH is 1. The first-order chi connectivity index (χ1) is 9.88. The summed E-state index contributed by atoms with van der Waals surface area (Å²) in [5.41, 5.74) is 3.10. The van der Waals surface area contributed by atoms with Crippen LogP contribution in [0, 0.1) is 6.92 Å². The minimum atomic E-state index is -0.568. The lowest BCUT2D eigenvalue weighted by Crippen LogP contribution is -1.98. The van der Waals surface area contributed by atoms with Gasteiger partial charge in [-0.1, -0.05) is 48.0 Å². The van der Waals surface area contributed by atoms with Crippen molar-refractivity contribution >= 4 is 15.9 Å². The molecule has 0 amide bonds. The van der Waals surface area contributed by atoms with Crippen molar-refractivity contribution in [2.75, 3.05) is 0 Å². The third-order valence-electron chi connectivity index (χ3n) is 3.52. The number of hydrogen-bond donors (Lipinski definition) is 1. The van der Waals surface area contributed by atoms with E-state index in [1.54, 1.807) is 6.92 Å². The van der Waals surface area contributed by atoms with Crippen LogP contribution in [0.3, 0.4) is 0 Å². The minimum Gasteiger partial charge on any atom is -0.457 e. The van der Waals surface area contributed by atoms with Crippen LogP contribution < -0.4 is 4.74 Å². The lowest BCUT2D eigenvalue weighted by Gasteiger charge is -2.16. The van der Waals surface area contributed by atoms with Gasteiger partial charge >= 0.3 is 0 Å². The van der Waals surface area contributed by atoms with Crippen LogP contribution in [0.15, 0.2) is 40.9 Å². The lowest BCUT2D eigenvalue weighted by molar-refractivity contribution is 0.195. The number of aryl methyl sites for hydroxylation is 1. The van der Waals surface area contributed by atoms with Crippen LogP contribution in [0.5, 0.6) is 11.5 Å². The Labute approximate surface area is 134 Å². The Morgan fingerprint density at radius 2 is 1.71 bits per heavy atom. The highest BCUT2D eigenvalue weighted by Crippen LogP contribution is 2.34. The molecule has 0 spiro atoms. The van der Waals surface area contributed by atoms with Gasteiger partial charge in [-0.3, -0.25) is 0 Å². The summed E-state index contributed by atoms with van der Waals surface area (Å²) in [5.74, 6) is 1.97. The third-order valence-corrected chi connectivity index (χ3v) is 4.02. The molecule has 2 aromatic carbocycles. The highest BCUT2D eigenvalue weighted by molar-refractivity contribution is 9.10. The first kappa shape index (κ1) is 16.1. The van der Waals surface area contributed by atoms with Gasteiger partial charge in [0.25, 0.3) is 0 Å². The zero-order valence-corrected chi connectivity index (χ0v) is 14.4. The lowest BCUT2D eigenvalue weighted by atomic mass is 10.0. The van der Waals surface area contributed by atoms with Crippen LogP contribution in [0.4, 0.5) is 0 Å². The monoisotopic (exact) mass is 348 g/mol. The highest BCUT2D eigenvalue weighted by atomic mass is 79.9. The van der Waals surface area contributed by atoms with Crippen molar-refractivity contribution in [3.63, 3.8) is 0 Å². The predicted molar refractivity (Wildman–Crippen MR) is 90.1 cm³/mol. The van der Waals surface area contributed by atoms with Gasteiger partial charge in [0.2, 0.25) is 0 Å². The Kier molecular flexibility index (Phi) is 5.07. The number of halogens is 1. The van der Waals surface area contributed by atoms with Crippen molar-refractivity contribution in [3.05, 3.63) is 57.6 Å². The molecule has 0 aliphatic rings. The fourth-order valence-electron chi connectivity index (χ4n) is 2.15. The fraction of sp³-hybridized carbons (Fsp3) is 0.333. The molecular formula is C18H21BrO2. The van der Waals surface area contributed by atoms with E-state index in [1.807, 2.05) is 25.1 Å². The van der Waals surface area contributed by atoms with Crippen molar-refractivity contribution in [1.29, 1.82) is 0 Å². The van der Waals surface area contributed by atoms with Crippen molar-refractivity contribution in [2.45, 2.75) is 39.7 Å². The molecule has 112 valence electrons. The van der Waals surface area contributed by atoms with E-state index in [0.717, 1.165) is 21.3 Å². The molecule has 21 heavy (non-hydrogen) atoms. The molecular weight excluding hydrogens is 328 g/mol. The van der Waals surface area contributed by atoms with Crippen molar-refractivity contribution in [3.8, 4) is 11.5 Å². The van der Waals surface area contributed by atoms with E-state index in [4.69, 9.17) is 4.74 Å². The van der Waals surface area contributed by atoms with Crippen LogP contribution in [0.25, 0.3) is 0 Å². The fourth-order valence-corrected chi connectivity index (χ4v) is 2.49. The van der Waals surface area contributed by atoms with Crippen LogP contribution >= 0.6 is 15.9 Å². The number of aliphatic hydroxyl groups is 1. The van der Waals surface area contributed by atoms with E-state index in [2.05, 4.69) is 48.0 Å². The SMILES string of the molecule is Cc1ccc(C(C)C)cc1Oc1cc(Br)ccc1C(C)O. The van der Waals surface area contributed by atoms with E-state index < -0.39 is 6.10 Å². The number of benzene rings is 2. The topological polar surface area (TPSA) is 29.5 Å². The molecule has 0 saturated carbocycles. The molecule has 0 heterocycles. The van der Waals surface area contributed by atoms with E-state index in [9.17, 15) is 5.11 Å². The van der Waals surface area contributed by atoms with Gasteiger partial charge in [0.1, 0.15) is 11.5 Å². The van der Waals surface area contributed by atoms with Gasteiger partial charge in [-0.25, -0.2) is 0 Å². The molecule has 2 aromatic rings. The van der Waals surface area contributed by atoms with Gasteiger partial charge in [-0.2, -0.15) is 0 Å². The third kappa shape index (κ3) is 3.86. The molecule has 2 rings (SSSR count). The molecule has 0 aromatic heterocycles. The highest BCUT2D eigenvalue weighted by Gasteiger charge is 2.12. The molecule has 0 radical (unpaired) electrons.